The van der Waals surface area contributed by atoms with Crippen molar-refractivity contribution in [2.24, 2.45) is 0 Å². The summed E-state index contributed by atoms with van der Waals surface area (Å²) in [4.78, 5) is 0. The van der Waals surface area contributed by atoms with Crippen LogP contribution < -0.4 is 0 Å². The molecule has 1 aliphatic rings. The highest BCUT2D eigenvalue weighted by Gasteiger charge is 2.43. The van der Waals surface area contributed by atoms with Crippen LogP contribution in [0.25, 0.3) is 0 Å². The summed E-state index contributed by atoms with van der Waals surface area (Å²) < 4.78 is 5.59. The van der Waals surface area contributed by atoms with Gasteiger partial charge in [-0.05, 0) is 35.2 Å². The third-order valence-corrected chi connectivity index (χ3v) is 4.52. The van der Waals surface area contributed by atoms with E-state index in [4.69, 9.17) is 4.74 Å². The molecule has 1 saturated heterocycles. The van der Waals surface area contributed by atoms with E-state index in [0.717, 1.165) is 11.1 Å². The molecule has 5 atom stereocenters. The SMILES string of the molecule is OCC1OC(c2cccc(Cc3ccc(O)cc3)c2)C(O)C(O)C1O. The Morgan fingerprint density at radius 2 is 1.56 bits per heavy atom. The van der Waals surface area contributed by atoms with Crippen LogP contribution in [0.3, 0.4) is 0 Å². The van der Waals surface area contributed by atoms with E-state index >= 15 is 0 Å². The van der Waals surface area contributed by atoms with Crippen molar-refractivity contribution in [1.82, 2.24) is 0 Å². The Kier molecular flexibility index (Phi) is 5.36. The van der Waals surface area contributed by atoms with Crippen LogP contribution in [0.4, 0.5) is 0 Å². The van der Waals surface area contributed by atoms with Crippen molar-refractivity contribution in [3.63, 3.8) is 0 Å². The number of hydrogen-bond donors (Lipinski definition) is 5. The largest absolute Gasteiger partial charge is 0.508 e. The number of hydrogen-bond acceptors (Lipinski definition) is 6. The molecule has 134 valence electrons. The molecule has 0 spiro atoms. The van der Waals surface area contributed by atoms with Crippen LogP contribution in [-0.2, 0) is 11.2 Å². The molecule has 6 heteroatoms. The minimum atomic E-state index is -1.39. The zero-order chi connectivity index (χ0) is 18.0. The van der Waals surface area contributed by atoms with Gasteiger partial charge in [-0.15, -0.1) is 0 Å². The lowest BCUT2D eigenvalue weighted by molar-refractivity contribution is -0.231. The molecule has 1 aliphatic heterocycles. The zero-order valence-electron chi connectivity index (χ0n) is 13.6. The van der Waals surface area contributed by atoms with Crippen molar-refractivity contribution >= 4 is 0 Å². The minimum absolute atomic E-state index is 0.207. The van der Waals surface area contributed by atoms with Crippen LogP contribution in [0, 0.1) is 0 Å². The second kappa shape index (κ2) is 7.51. The molecule has 0 amide bonds. The highest BCUT2D eigenvalue weighted by molar-refractivity contribution is 5.33. The van der Waals surface area contributed by atoms with Crippen molar-refractivity contribution in [3.8, 4) is 5.75 Å². The van der Waals surface area contributed by atoms with E-state index in [9.17, 15) is 25.5 Å². The predicted octanol–water partition coefficient (Wildman–Crippen LogP) is 0.498. The highest BCUT2D eigenvalue weighted by atomic mass is 16.5. The molecule has 3 rings (SSSR count). The third kappa shape index (κ3) is 3.84. The van der Waals surface area contributed by atoms with Gasteiger partial charge in [-0.25, -0.2) is 0 Å². The molecule has 2 aromatic rings. The molecule has 2 aromatic carbocycles. The Morgan fingerprint density at radius 3 is 2.24 bits per heavy atom. The third-order valence-electron chi connectivity index (χ3n) is 4.52. The Balaban J connectivity index is 1.81. The van der Waals surface area contributed by atoms with Gasteiger partial charge in [-0.2, -0.15) is 0 Å². The summed E-state index contributed by atoms with van der Waals surface area (Å²) in [7, 11) is 0. The fraction of sp³-hybridized carbons (Fsp3) is 0.368. The predicted molar refractivity (Wildman–Crippen MR) is 90.1 cm³/mol. The van der Waals surface area contributed by atoms with E-state index in [0.29, 0.717) is 12.0 Å². The molecule has 1 heterocycles. The van der Waals surface area contributed by atoms with Gasteiger partial charge in [0, 0.05) is 0 Å². The molecule has 6 nitrogen and oxygen atoms in total. The van der Waals surface area contributed by atoms with Gasteiger partial charge in [0.15, 0.2) is 0 Å². The van der Waals surface area contributed by atoms with Crippen LogP contribution in [-0.4, -0.2) is 56.6 Å². The monoisotopic (exact) mass is 346 g/mol. The molecule has 5 unspecified atom stereocenters. The summed E-state index contributed by atoms with van der Waals surface area (Å²) in [6.07, 6.45) is -5.18. The summed E-state index contributed by atoms with van der Waals surface area (Å²) in [5, 5.41) is 48.7. The number of benzene rings is 2. The van der Waals surface area contributed by atoms with E-state index in [1.165, 1.54) is 0 Å². The van der Waals surface area contributed by atoms with Gasteiger partial charge in [-0.3, -0.25) is 0 Å². The Bertz CT molecular complexity index is 699. The lowest BCUT2D eigenvalue weighted by Crippen LogP contribution is -2.55. The number of ether oxygens (including phenoxy) is 1. The van der Waals surface area contributed by atoms with Crippen LogP contribution in [0.5, 0.6) is 5.75 Å². The van der Waals surface area contributed by atoms with E-state index in [1.807, 2.05) is 30.3 Å². The second-order valence-corrected chi connectivity index (χ2v) is 6.34. The number of rotatable bonds is 4. The first-order chi connectivity index (χ1) is 12.0. The van der Waals surface area contributed by atoms with Gasteiger partial charge in [0.05, 0.1) is 6.61 Å². The normalized spacial score (nSPS) is 29.5. The average molecular weight is 346 g/mol. The maximum Gasteiger partial charge on any atom is 0.115 e. The summed E-state index contributed by atoms with van der Waals surface area (Å²) in [5.74, 6) is 0.207. The lowest BCUT2D eigenvalue weighted by Gasteiger charge is -2.40. The average Bonchev–Trinajstić information content (AvgIpc) is 2.62. The molecule has 0 bridgehead atoms. The molecular weight excluding hydrogens is 324 g/mol. The first kappa shape index (κ1) is 17.8. The summed E-state index contributed by atoms with van der Waals surface area (Å²) in [6.45, 7) is -0.450. The number of phenolic OH excluding ortho intramolecular Hbond substituents is 1. The van der Waals surface area contributed by atoms with Crippen molar-refractivity contribution in [1.29, 1.82) is 0 Å². The highest BCUT2D eigenvalue weighted by Crippen LogP contribution is 2.32. The Labute approximate surface area is 145 Å². The summed E-state index contributed by atoms with van der Waals surface area (Å²) in [5.41, 5.74) is 2.65. The fourth-order valence-electron chi connectivity index (χ4n) is 3.11. The molecule has 5 N–H and O–H groups in total. The zero-order valence-corrected chi connectivity index (χ0v) is 13.6. The quantitative estimate of drug-likeness (QED) is 0.551. The molecular formula is C19H22O6. The summed E-state index contributed by atoms with van der Waals surface area (Å²) in [6, 6.07) is 14.3. The molecule has 25 heavy (non-hydrogen) atoms. The minimum Gasteiger partial charge on any atom is -0.508 e. The molecule has 0 radical (unpaired) electrons. The first-order valence-corrected chi connectivity index (χ1v) is 8.17. The smallest absolute Gasteiger partial charge is 0.115 e. The van der Waals surface area contributed by atoms with Crippen molar-refractivity contribution in [2.75, 3.05) is 6.61 Å². The molecule has 0 saturated carbocycles. The Morgan fingerprint density at radius 1 is 0.840 bits per heavy atom. The van der Waals surface area contributed by atoms with Crippen molar-refractivity contribution < 1.29 is 30.3 Å². The maximum atomic E-state index is 10.2. The first-order valence-electron chi connectivity index (χ1n) is 8.17. The second-order valence-electron chi connectivity index (χ2n) is 6.34. The lowest BCUT2D eigenvalue weighted by atomic mass is 9.90. The van der Waals surface area contributed by atoms with Gasteiger partial charge in [0.1, 0.15) is 36.3 Å². The molecule has 0 aromatic heterocycles. The summed E-state index contributed by atoms with van der Waals surface area (Å²) >= 11 is 0. The van der Waals surface area contributed by atoms with Crippen LogP contribution in [0.15, 0.2) is 48.5 Å². The topological polar surface area (TPSA) is 110 Å². The standard InChI is InChI=1S/C19H22O6/c20-10-15-16(22)17(23)18(24)19(25-15)13-3-1-2-12(9-13)8-11-4-6-14(21)7-5-11/h1-7,9,15-24H,8,10H2. The van der Waals surface area contributed by atoms with Gasteiger partial charge in [0.25, 0.3) is 0 Å². The van der Waals surface area contributed by atoms with Crippen molar-refractivity contribution in [2.45, 2.75) is 36.9 Å². The Hall–Kier alpha value is -1.96. The van der Waals surface area contributed by atoms with Crippen LogP contribution in [0.2, 0.25) is 0 Å². The van der Waals surface area contributed by atoms with Crippen LogP contribution in [0.1, 0.15) is 22.8 Å². The number of phenols is 1. The van der Waals surface area contributed by atoms with Crippen molar-refractivity contribution in [3.05, 3.63) is 65.2 Å². The van der Waals surface area contributed by atoms with Crippen LogP contribution >= 0.6 is 0 Å². The van der Waals surface area contributed by atoms with Gasteiger partial charge >= 0.3 is 0 Å². The van der Waals surface area contributed by atoms with E-state index < -0.39 is 37.1 Å². The number of aliphatic hydroxyl groups excluding tert-OH is 4. The van der Waals surface area contributed by atoms with Gasteiger partial charge < -0.3 is 30.3 Å². The number of aliphatic hydroxyl groups is 4. The van der Waals surface area contributed by atoms with E-state index in [-0.39, 0.29) is 5.75 Å². The fourth-order valence-corrected chi connectivity index (χ4v) is 3.11. The molecule has 0 aliphatic carbocycles. The molecule has 1 fully saturated rings. The maximum absolute atomic E-state index is 10.2. The van der Waals surface area contributed by atoms with E-state index in [1.54, 1.807) is 18.2 Å². The van der Waals surface area contributed by atoms with Gasteiger partial charge in [-0.1, -0.05) is 36.4 Å². The number of aromatic hydroxyl groups is 1. The van der Waals surface area contributed by atoms with E-state index in [2.05, 4.69) is 0 Å². The van der Waals surface area contributed by atoms with Gasteiger partial charge in [0.2, 0.25) is 0 Å².